The van der Waals surface area contributed by atoms with Crippen molar-refractivity contribution in [3.8, 4) is 0 Å². The predicted molar refractivity (Wildman–Crippen MR) is 88.9 cm³/mol. The van der Waals surface area contributed by atoms with E-state index in [2.05, 4.69) is 60.3 Å². The topological polar surface area (TPSA) is 15.3 Å². The lowest BCUT2D eigenvalue weighted by atomic mass is 9.93. The van der Waals surface area contributed by atoms with Crippen molar-refractivity contribution in [2.75, 3.05) is 19.6 Å². The highest BCUT2D eigenvalue weighted by atomic mass is 79.9. The quantitative estimate of drug-likeness (QED) is 0.798. The van der Waals surface area contributed by atoms with Crippen molar-refractivity contribution in [3.63, 3.8) is 0 Å². The van der Waals surface area contributed by atoms with E-state index in [4.69, 9.17) is 0 Å². The van der Waals surface area contributed by atoms with E-state index in [1.165, 1.54) is 38.0 Å². The average Bonchev–Trinajstić information content (AvgIpc) is 2.81. The van der Waals surface area contributed by atoms with Crippen LogP contribution in [0.25, 0.3) is 0 Å². The maximum atomic E-state index is 3.62. The Morgan fingerprint density at radius 3 is 2.84 bits per heavy atom. The van der Waals surface area contributed by atoms with E-state index >= 15 is 0 Å². The van der Waals surface area contributed by atoms with Crippen LogP contribution in [0.4, 0.5) is 0 Å². The number of piperidine rings is 1. The van der Waals surface area contributed by atoms with Crippen molar-refractivity contribution in [2.45, 2.75) is 25.4 Å². The minimum absolute atomic E-state index is 0. The summed E-state index contributed by atoms with van der Waals surface area (Å²) in [5.41, 5.74) is 1.40. The van der Waals surface area contributed by atoms with E-state index in [-0.39, 0.29) is 12.4 Å². The molecule has 1 aromatic carbocycles. The molecule has 2 heterocycles. The van der Waals surface area contributed by atoms with Gasteiger partial charge in [0.15, 0.2) is 0 Å². The predicted octanol–water partition coefficient (Wildman–Crippen LogP) is 3.82. The number of nitrogens with one attached hydrogen (secondary N) is 1. The summed E-state index contributed by atoms with van der Waals surface area (Å²) in [4.78, 5) is 2.60. The second-order valence-electron chi connectivity index (χ2n) is 5.38. The first-order chi connectivity index (χ1) is 8.72. The van der Waals surface area contributed by atoms with Crippen LogP contribution in [0.15, 0.2) is 27.1 Å². The van der Waals surface area contributed by atoms with Gasteiger partial charge in [0.05, 0.1) is 0 Å². The fraction of sp³-hybridized carbons (Fsp3) is 0.571. The smallest absolute Gasteiger partial charge is 0.0320 e. The van der Waals surface area contributed by atoms with Gasteiger partial charge >= 0.3 is 0 Å². The number of benzene rings is 1. The van der Waals surface area contributed by atoms with Gasteiger partial charge in [-0.3, -0.25) is 4.90 Å². The number of hydrogen-bond donors (Lipinski definition) is 1. The minimum atomic E-state index is 0. The maximum absolute atomic E-state index is 3.62. The molecule has 2 saturated heterocycles. The van der Waals surface area contributed by atoms with Gasteiger partial charge in [-0.1, -0.05) is 6.07 Å². The lowest BCUT2D eigenvalue weighted by molar-refractivity contribution is 0.156. The van der Waals surface area contributed by atoms with Crippen LogP contribution in [-0.2, 0) is 6.54 Å². The van der Waals surface area contributed by atoms with Crippen molar-refractivity contribution in [2.24, 2.45) is 5.92 Å². The minimum Gasteiger partial charge on any atom is -0.314 e. The zero-order chi connectivity index (χ0) is 12.5. The fourth-order valence-electron chi connectivity index (χ4n) is 3.16. The Morgan fingerprint density at radius 1 is 1.21 bits per heavy atom. The summed E-state index contributed by atoms with van der Waals surface area (Å²) in [6.45, 7) is 4.77. The van der Waals surface area contributed by atoms with Gasteiger partial charge in [0.2, 0.25) is 0 Å². The second kappa shape index (κ2) is 6.90. The molecule has 0 bridgehead atoms. The molecule has 2 nitrogen and oxygen atoms in total. The highest BCUT2D eigenvalue weighted by molar-refractivity contribution is 9.13. The molecule has 2 atom stereocenters. The Kier molecular flexibility index (Phi) is 5.73. The third kappa shape index (κ3) is 3.73. The van der Waals surface area contributed by atoms with Crippen LogP contribution < -0.4 is 5.32 Å². The zero-order valence-corrected chi connectivity index (χ0v) is 14.7. The summed E-state index contributed by atoms with van der Waals surface area (Å²) in [5, 5.41) is 3.62. The van der Waals surface area contributed by atoms with Gasteiger partial charge < -0.3 is 5.32 Å². The zero-order valence-electron chi connectivity index (χ0n) is 10.7. The van der Waals surface area contributed by atoms with Gasteiger partial charge in [-0.15, -0.1) is 12.4 Å². The number of halogens is 3. The summed E-state index contributed by atoms with van der Waals surface area (Å²) >= 11 is 7.10. The molecule has 0 aliphatic carbocycles. The number of likely N-dealkylation sites (tertiary alicyclic amines) is 1. The van der Waals surface area contributed by atoms with Gasteiger partial charge in [0, 0.05) is 28.1 Å². The van der Waals surface area contributed by atoms with Gasteiger partial charge in [0.1, 0.15) is 0 Å². The average molecular weight is 411 g/mol. The molecule has 2 aliphatic heterocycles. The number of rotatable bonds is 2. The molecule has 19 heavy (non-hydrogen) atoms. The standard InChI is InChI=1S/C14H18Br2N2.ClH/c15-12-2-1-10(7-13(12)16)8-18-6-4-14-11(9-18)3-5-17-14;/h1-2,7,11,14,17H,3-6,8-9H2;1H. The first kappa shape index (κ1) is 15.8. The van der Waals surface area contributed by atoms with Crippen LogP contribution in [0.1, 0.15) is 18.4 Å². The Balaban J connectivity index is 0.00000133. The van der Waals surface area contributed by atoms with Gasteiger partial charge in [-0.2, -0.15) is 0 Å². The Bertz CT molecular complexity index is 441. The highest BCUT2D eigenvalue weighted by Gasteiger charge is 2.32. The lowest BCUT2D eigenvalue weighted by Gasteiger charge is -2.34. The van der Waals surface area contributed by atoms with E-state index in [0.29, 0.717) is 0 Å². The van der Waals surface area contributed by atoms with E-state index in [1.807, 2.05) is 0 Å². The molecular weight excluding hydrogens is 391 g/mol. The van der Waals surface area contributed by atoms with Crippen LogP contribution in [-0.4, -0.2) is 30.6 Å². The van der Waals surface area contributed by atoms with Crippen molar-refractivity contribution >= 4 is 44.3 Å². The fourth-order valence-corrected chi connectivity index (χ4v) is 3.84. The SMILES string of the molecule is Brc1ccc(CN2CCC3NCCC3C2)cc1Br.Cl. The molecule has 1 N–H and O–H groups in total. The Hall–Kier alpha value is 0.390. The third-order valence-electron chi connectivity index (χ3n) is 4.13. The van der Waals surface area contributed by atoms with Crippen LogP contribution >= 0.6 is 44.3 Å². The van der Waals surface area contributed by atoms with E-state index < -0.39 is 0 Å². The molecule has 5 heteroatoms. The van der Waals surface area contributed by atoms with Gasteiger partial charge in [-0.05, 0) is 81.4 Å². The molecule has 2 aliphatic rings. The molecule has 0 amide bonds. The van der Waals surface area contributed by atoms with Gasteiger partial charge in [0.25, 0.3) is 0 Å². The van der Waals surface area contributed by atoms with Crippen molar-refractivity contribution in [1.82, 2.24) is 10.2 Å². The Labute approximate surface area is 138 Å². The van der Waals surface area contributed by atoms with Crippen LogP contribution in [0, 0.1) is 5.92 Å². The van der Waals surface area contributed by atoms with E-state index in [1.54, 1.807) is 0 Å². The lowest BCUT2D eigenvalue weighted by Crippen LogP contribution is -2.43. The molecular formula is C14H19Br2ClN2. The maximum Gasteiger partial charge on any atom is 0.0320 e. The normalized spacial score (nSPS) is 26.8. The summed E-state index contributed by atoms with van der Waals surface area (Å²) in [6.07, 6.45) is 2.66. The molecule has 106 valence electrons. The molecule has 2 unspecified atom stereocenters. The summed E-state index contributed by atoms with van der Waals surface area (Å²) in [7, 11) is 0. The number of hydrogen-bond acceptors (Lipinski definition) is 2. The van der Waals surface area contributed by atoms with Gasteiger partial charge in [-0.25, -0.2) is 0 Å². The number of nitrogens with zero attached hydrogens (tertiary/aromatic N) is 1. The summed E-state index contributed by atoms with van der Waals surface area (Å²) in [5.74, 6) is 0.873. The van der Waals surface area contributed by atoms with Crippen LogP contribution in [0.3, 0.4) is 0 Å². The van der Waals surface area contributed by atoms with E-state index in [9.17, 15) is 0 Å². The van der Waals surface area contributed by atoms with E-state index in [0.717, 1.165) is 27.4 Å². The largest absolute Gasteiger partial charge is 0.314 e. The van der Waals surface area contributed by atoms with Crippen molar-refractivity contribution in [1.29, 1.82) is 0 Å². The molecule has 0 saturated carbocycles. The van der Waals surface area contributed by atoms with Crippen molar-refractivity contribution < 1.29 is 0 Å². The molecule has 3 rings (SSSR count). The molecule has 1 aromatic rings. The van der Waals surface area contributed by atoms with Crippen LogP contribution in [0.5, 0.6) is 0 Å². The highest BCUT2D eigenvalue weighted by Crippen LogP contribution is 2.27. The summed E-state index contributed by atoms with van der Waals surface area (Å²) in [6, 6.07) is 7.36. The third-order valence-corrected chi connectivity index (χ3v) is 6.01. The first-order valence-electron chi connectivity index (χ1n) is 6.62. The Morgan fingerprint density at radius 2 is 2.05 bits per heavy atom. The first-order valence-corrected chi connectivity index (χ1v) is 8.20. The number of fused-ring (bicyclic) bond motifs is 1. The molecule has 0 radical (unpaired) electrons. The molecule has 0 aromatic heterocycles. The molecule has 2 fully saturated rings. The van der Waals surface area contributed by atoms with Crippen molar-refractivity contribution in [3.05, 3.63) is 32.7 Å². The summed E-state index contributed by atoms with van der Waals surface area (Å²) < 4.78 is 2.28. The monoisotopic (exact) mass is 408 g/mol. The van der Waals surface area contributed by atoms with Crippen LogP contribution in [0.2, 0.25) is 0 Å². The second-order valence-corrected chi connectivity index (χ2v) is 7.09. The molecule has 0 spiro atoms.